The van der Waals surface area contributed by atoms with Crippen LogP contribution in [0.1, 0.15) is 17.2 Å². The minimum absolute atomic E-state index is 0.0607. The summed E-state index contributed by atoms with van der Waals surface area (Å²) in [6.07, 6.45) is 3.27. The van der Waals surface area contributed by atoms with Crippen molar-refractivity contribution in [3.05, 3.63) is 66.0 Å². The highest BCUT2D eigenvalue weighted by Crippen LogP contribution is 2.41. The summed E-state index contributed by atoms with van der Waals surface area (Å²) in [7, 11) is 3.12. The lowest BCUT2D eigenvalue weighted by atomic mass is 10.00. The molecule has 2 heterocycles. The van der Waals surface area contributed by atoms with E-state index in [9.17, 15) is 8.78 Å². The zero-order valence-corrected chi connectivity index (χ0v) is 15.7. The van der Waals surface area contributed by atoms with Crippen molar-refractivity contribution in [1.29, 1.82) is 0 Å². The van der Waals surface area contributed by atoms with Gasteiger partial charge in [-0.15, -0.1) is 0 Å². The molecule has 0 bridgehead atoms. The number of methoxy groups -OCH3 is 2. The number of hydrogen-bond acceptors (Lipinski definition) is 6. The molecule has 1 aliphatic heterocycles. The molecular weight excluding hydrogens is 382 g/mol. The van der Waals surface area contributed by atoms with Crippen molar-refractivity contribution in [2.24, 2.45) is 0 Å². The summed E-state index contributed by atoms with van der Waals surface area (Å²) in [5.41, 5.74) is 1.83. The Balaban J connectivity index is 1.85. The lowest BCUT2D eigenvalue weighted by Gasteiger charge is -2.26. The lowest BCUT2D eigenvalue weighted by Crippen LogP contribution is -2.21. The summed E-state index contributed by atoms with van der Waals surface area (Å²) in [6, 6.07) is 11.7. The van der Waals surface area contributed by atoms with Gasteiger partial charge in [-0.25, -0.2) is 4.68 Å². The molecule has 9 heteroatoms. The average molecular weight is 400 g/mol. The molecule has 1 aliphatic rings. The van der Waals surface area contributed by atoms with Crippen molar-refractivity contribution in [3.8, 4) is 17.2 Å². The maximum atomic E-state index is 12.9. The van der Waals surface area contributed by atoms with Crippen LogP contribution in [0.25, 0.3) is 5.70 Å². The van der Waals surface area contributed by atoms with E-state index in [0.29, 0.717) is 28.7 Å². The molecule has 29 heavy (non-hydrogen) atoms. The van der Waals surface area contributed by atoms with Gasteiger partial charge in [0.25, 0.3) is 0 Å². The van der Waals surface area contributed by atoms with Gasteiger partial charge in [0.1, 0.15) is 18.1 Å². The monoisotopic (exact) mass is 400 g/mol. The Morgan fingerprint density at radius 1 is 1.03 bits per heavy atom. The SMILES string of the molecule is COc1cccc([C@@H]2C=C(c3ccccc3OC(F)F)Nc3ncnn32)c1OC. The second-order valence-corrected chi connectivity index (χ2v) is 6.14. The molecular formula is C20H18F2N4O3. The van der Waals surface area contributed by atoms with Crippen molar-refractivity contribution in [3.63, 3.8) is 0 Å². The van der Waals surface area contributed by atoms with Gasteiger partial charge in [-0.3, -0.25) is 0 Å². The van der Waals surface area contributed by atoms with Gasteiger partial charge in [-0.2, -0.15) is 18.9 Å². The average Bonchev–Trinajstić information content (AvgIpc) is 3.21. The molecule has 150 valence electrons. The van der Waals surface area contributed by atoms with Crippen molar-refractivity contribution >= 4 is 11.6 Å². The number of alkyl halides is 2. The Hall–Kier alpha value is -3.62. The van der Waals surface area contributed by atoms with Crippen LogP contribution in [0.15, 0.2) is 54.9 Å². The number of rotatable bonds is 6. The Bertz CT molecular complexity index is 1050. The number of anilines is 1. The van der Waals surface area contributed by atoms with Crippen molar-refractivity contribution in [1.82, 2.24) is 14.8 Å². The number of allylic oxidation sites excluding steroid dienone is 1. The zero-order chi connectivity index (χ0) is 20.4. The first kappa shape index (κ1) is 18.7. The number of para-hydroxylation sites is 2. The molecule has 0 fully saturated rings. The van der Waals surface area contributed by atoms with Crippen LogP contribution in [0.5, 0.6) is 17.2 Å². The first-order chi connectivity index (χ1) is 14.1. The van der Waals surface area contributed by atoms with Crippen molar-refractivity contribution < 1.29 is 23.0 Å². The number of hydrogen-bond donors (Lipinski definition) is 1. The summed E-state index contributed by atoms with van der Waals surface area (Å²) in [4.78, 5) is 4.24. The number of benzene rings is 2. The van der Waals surface area contributed by atoms with Gasteiger partial charge in [-0.1, -0.05) is 24.3 Å². The normalized spacial score (nSPS) is 15.3. The Labute approximate surface area is 165 Å². The van der Waals surface area contributed by atoms with E-state index in [2.05, 4.69) is 20.1 Å². The molecule has 7 nitrogen and oxygen atoms in total. The van der Waals surface area contributed by atoms with Gasteiger partial charge < -0.3 is 19.5 Å². The third-order valence-electron chi connectivity index (χ3n) is 4.55. The van der Waals surface area contributed by atoms with Crippen LogP contribution < -0.4 is 19.5 Å². The fraction of sp³-hybridized carbons (Fsp3) is 0.200. The zero-order valence-electron chi connectivity index (χ0n) is 15.7. The molecule has 0 saturated carbocycles. The van der Waals surface area contributed by atoms with E-state index in [-0.39, 0.29) is 5.75 Å². The Kier molecular flexibility index (Phi) is 5.03. The van der Waals surface area contributed by atoms with Crippen LogP contribution in [0.3, 0.4) is 0 Å². The van der Waals surface area contributed by atoms with E-state index < -0.39 is 12.7 Å². The molecule has 1 N–H and O–H groups in total. The van der Waals surface area contributed by atoms with Crippen LogP contribution in [0, 0.1) is 0 Å². The fourth-order valence-electron chi connectivity index (χ4n) is 3.35. The first-order valence-corrected chi connectivity index (χ1v) is 8.75. The summed E-state index contributed by atoms with van der Waals surface area (Å²) in [5, 5.41) is 7.42. The van der Waals surface area contributed by atoms with Crippen LogP contribution in [-0.4, -0.2) is 35.6 Å². The molecule has 0 saturated heterocycles. The molecule has 0 spiro atoms. The van der Waals surface area contributed by atoms with Gasteiger partial charge in [-0.05, 0) is 24.3 Å². The van der Waals surface area contributed by atoms with Crippen LogP contribution in [-0.2, 0) is 0 Å². The van der Waals surface area contributed by atoms with Gasteiger partial charge in [0.15, 0.2) is 11.5 Å². The quantitative estimate of drug-likeness (QED) is 0.676. The van der Waals surface area contributed by atoms with Gasteiger partial charge in [0.05, 0.1) is 19.9 Å². The molecule has 0 aliphatic carbocycles. The summed E-state index contributed by atoms with van der Waals surface area (Å²) < 4.78 is 43.1. The highest BCUT2D eigenvalue weighted by atomic mass is 19.3. The maximum absolute atomic E-state index is 12.9. The van der Waals surface area contributed by atoms with Crippen LogP contribution in [0.4, 0.5) is 14.7 Å². The van der Waals surface area contributed by atoms with Crippen LogP contribution in [0.2, 0.25) is 0 Å². The predicted octanol–water partition coefficient (Wildman–Crippen LogP) is 3.95. The van der Waals surface area contributed by atoms with E-state index >= 15 is 0 Å². The number of halogens is 2. The van der Waals surface area contributed by atoms with E-state index in [1.807, 2.05) is 18.2 Å². The molecule has 0 unspecified atom stereocenters. The Morgan fingerprint density at radius 2 is 1.83 bits per heavy atom. The van der Waals surface area contributed by atoms with Gasteiger partial charge in [0, 0.05) is 11.1 Å². The number of ether oxygens (including phenoxy) is 3. The van der Waals surface area contributed by atoms with E-state index in [1.54, 1.807) is 43.2 Å². The number of fused-ring (bicyclic) bond motifs is 1. The molecule has 3 aromatic rings. The second-order valence-electron chi connectivity index (χ2n) is 6.14. The minimum atomic E-state index is -2.93. The minimum Gasteiger partial charge on any atom is -0.493 e. The molecule has 1 atom stereocenters. The molecule has 4 rings (SSSR count). The lowest BCUT2D eigenvalue weighted by molar-refractivity contribution is -0.0500. The third kappa shape index (κ3) is 3.46. The fourth-order valence-corrected chi connectivity index (χ4v) is 3.35. The highest BCUT2D eigenvalue weighted by Gasteiger charge is 2.28. The Morgan fingerprint density at radius 3 is 2.59 bits per heavy atom. The summed E-state index contributed by atoms with van der Waals surface area (Å²) >= 11 is 0. The number of aromatic nitrogens is 3. The molecule has 0 amide bonds. The number of nitrogens with zero attached hydrogens (tertiary/aromatic N) is 3. The largest absolute Gasteiger partial charge is 0.493 e. The third-order valence-corrected chi connectivity index (χ3v) is 4.55. The summed E-state index contributed by atoms with van der Waals surface area (Å²) in [5.74, 6) is 1.65. The standard InChI is InChI=1S/C20H18F2N4O3/c1-27-17-9-5-7-13(18(17)28-2)15-10-14(25-20-23-11-24-26(15)20)12-6-3-4-8-16(12)29-19(21)22/h3-11,15,19H,1-2H3,(H,23,24,25)/t15-/m0/s1. The van der Waals surface area contributed by atoms with Gasteiger partial charge in [0.2, 0.25) is 5.95 Å². The van der Waals surface area contributed by atoms with Gasteiger partial charge >= 0.3 is 6.61 Å². The molecule has 1 aromatic heterocycles. The van der Waals surface area contributed by atoms with Crippen molar-refractivity contribution in [2.45, 2.75) is 12.7 Å². The molecule has 2 aromatic carbocycles. The topological polar surface area (TPSA) is 70.4 Å². The van der Waals surface area contributed by atoms with E-state index in [1.165, 1.54) is 12.4 Å². The summed E-state index contributed by atoms with van der Waals surface area (Å²) in [6.45, 7) is -2.93. The van der Waals surface area contributed by atoms with Crippen molar-refractivity contribution in [2.75, 3.05) is 19.5 Å². The molecule has 0 radical (unpaired) electrons. The highest BCUT2D eigenvalue weighted by molar-refractivity contribution is 5.80. The smallest absolute Gasteiger partial charge is 0.387 e. The number of nitrogens with one attached hydrogen (secondary N) is 1. The second kappa shape index (κ2) is 7.78. The van der Waals surface area contributed by atoms with E-state index in [0.717, 1.165) is 5.56 Å². The maximum Gasteiger partial charge on any atom is 0.387 e. The first-order valence-electron chi connectivity index (χ1n) is 8.75. The predicted molar refractivity (Wildman–Crippen MR) is 102 cm³/mol. The van der Waals surface area contributed by atoms with Crippen LogP contribution >= 0.6 is 0 Å². The van der Waals surface area contributed by atoms with E-state index in [4.69, 9.17) is 9.47 Å².